The van der Waals surface area contributed by atoms with Gasteiger partial charge in [-0.05, 0) is 11.6 Å². The third-order valence-electron chi connectivity index (χ3n) is 1.87. The molecule has 0 unspecified atom stereocenters. The number of fused-ring (bicyclic) bond motifs is 1. The molecule has 0 atom stereocenters. The number of nitrogens with zero attached hydrogens (tertiary/aromatic N) is 1. The molecule has 0 fully saturated rings. The molecule has 0 aliphatic heterocycles. The number of hydrogen-bond donors (Lipinski definition) is 0. The van der Waals surface area contributed by atoms with Crippen molar-refractivity contribution in [2.24, 2.45) is 0 Å². The molecular weight excluding hydrogens is 229 g/mol. The van der Waals surface area contributed by atoms with E-state index in [1.807, 2.05) is 0 Å². The Morgan fingerprint density at radius 1 is 1.27 bits per heavy atom. The van der Waals surface area contributed by atoms with E-state index in [0.717, 1.165) is 0 Å². The number of carbonyl (C=O) groups excluding carboxylic acids is 2. The molecule has 0 saturated carbocycles. The number of aromatic nitrogens is 1. The van der Waals surface area contributed by atoms with Crippen LogP contribution >= 0.6 is 11.6 Å². The normalized spacial score (nSPS) is 14.7. The molecule has 15 heavy (non-hydrogen) atoms. The molecule has 0 spiro atoms. The molecule has 6 heteroatoms. The molecule has 0 saturated heterocycles. The van der Waals surface area contributed by atoms with Crippen molar-refractivity contribution in [3.05, 3.63) is 34.6 Å². The fourth-order valence-electron chi connectivity index (χ4n) is 1.20. The van der Waals surface area contributed by atoms with Gasteiger partial charge in [0.25, 0.3) is 5.78 Å². The van der Waals surface area contributed by atoms with Crippen LogP contribution < -0.4 is 34.7 Å². The van der Waals surface area contributed by atoms with Crippen molar-refractivity contribution in [3.63, 3.8) is 0 Å². The van der Waals surface area contributed by atoms with E-state index in [9.17, 15) is 14.7 Å². The van der Waals surface area contributed by atoms with Gasteiger partial charge in [-0.1, -0.05) is 23.4 Å². The summed E-state index contributed by atoms with van der Waals surface area (Å²) in [6.07, 6.45) is 1.34. The van der Waals surface area contributed by atoms with Crippen LogP contribution in [0.5, 0.6) is 0 Å². The summed E-state index contributed by atoms with van der Waals surface area (Å²) < 4.78 is 0. The Morgan fingerprint density at radius 2 is 1.93 bits per heavy atom. The van der Waals surface area contributed by atoms with E-state index in [-0.39, 0.29) is 40.8 Å². The zero-order valence-corrected chi connectivity index (χ0v) is 10.5. The number of carbonyl (C=O) groups is 2. The van der Waals surface area contributed by atoms with Crippen molar-refractivity contribution in [2.45, 2.75) is 0 Å². The molecule has 1 aromatic rings. The SMILES string of the molecule is O=C1C(=O)c2ncccc2C([O-])=C1Cl.[Na+]. The maximum absolute atomic E-state index is 11.4. The molecule has 0 N–H and O–H groups in total. The maximum Gasteiger partial charge on any atom is 1.00 e. The number of halogens is 1. The first-order valence-corrected chi connectivity index (χ1v) is 4.12. The fraction of sp³-hybridized carbons (Fsp3) is 0. The monoisotopic (exact) mass is 231 g/mol. The van der Waals surface area contributed by atoms with E-state index in [2.05, 4.69) is 4.98 Å². The van der Waals surface area contributed by atoms with Crippen LogP contribution in [0.3, 0.4) is 0 Å². The van der Waals surface area contributed by atoms with Gasteiger partial charge in [0, 0.05) is 6.20 Å². The topological polar surface area (TPSA) is 70.1 Å². The van der Waals surface area contributed by atoms with E-state index in [1.54, 1.807) is 0 Å². The van der Waals surface area contributed by atoms with Crippen LogP contribution in [0.1, 0.15) is 16.1 Å². The summed E-state index contributed by atoms with van der Waals surface area (Å²) in [6, 6.07) is 2.92. The van der Waals surface area contributed by atoms with E-state index in [0.29, 0.717) is 0 Å². The van der Waals surface area contributed by atoms with Gasteiger partial charge in [0.2, 0.25) is 5.78 Å². The van der Waals surface area contributed by atoms with E-state index >= 15 is 0 Å². The average Bonchev–Trinajstić information content (AvgIpc) is 2.23. The minimum Gasteiger partial charge on any atom is -0.871 e. The van der Waals surface area contributed by atoms with Crippen molar-refractivity contribution in [2.75, 3.05) is 0 Å². The summed E-state index contributed by atoms with van der Waals surface area (Å²) in [7, 11) is 0. The van der Waals surface area contributed by atoms with Gasteiger partial charge in [-0.25, -0.2) is 0 Å². The number of pyridine rings is 1. The zero-order valence-electron chi connectivity index (χ0n) is 7.78. The van der Waals surface area contributed by atoms with E-state index in [4.69, 9.17) is 11.6 Å². The van der Waals surface area contributed by atoms with Crippen LogP contribution in [0.15, 0.2) is 23.4 Å². The molecule has 4 nitrogen and oxygen atoms in total. The summed E-state index contributed by atoms with van der Waals surface area (Å²) in [5, 5.41) is 10.8. The summed E-state index contributed by atoms with van der Waals surface area (Å²) in [6.45, 7) is 0. The molecule has 0 radical (unpaired) electrons. The molecule has 2 rings (SSSR count). The molecule has 0 amide bonds. The average molecular weight is 232 g/mol. The van der Waals surface area contributed by atoms with Gasteiger partial charge in [0.05, 0.1) is 5.03 Å². The van der Waals surface area contributed by atoms with E-state index in [1.165, 1.54) is 18.3 Å². The molecule has 1 aliphatic carbocycles. The molecule has 0 bridgehead atoms. The number of ketones is 2. The maximum atomic E-state index is 11.4. The Morgan fingerprint density at radius 3 is 2.60 bits per heavy atom. The minimum atomic E-state index is -0.983. The van der Waals surface area contributed by atoms with Crippen LogP contribution in [0, 0.1) is 0 Å². The van der Waals surface area contributed by atoms with Gasteiger partial charge >= 0.3 is 29.6 Å². The van der Waals surface area contributed by atoms with Gasteiger partial charge in [0.1, 0.15) is 5.69 Å². The standard InChI is InChI=1S/C9H4ClNO3.Na/c10-5-7(12)4-2-1-3-11-6(4)9(14)8(5)13;/h1-3,12H;/q;+1/p-1. The molecule has 1 aromatic heterocycles. The third-order valence-corrected chi connectivity index (χ3v) is 2.22. The van der Waals surface area contributed by atoms with Gasteiger partial charge in [-0.15, -0.1) is 0 Å². The Hall–Kier alpha value is -0.680. The Balaban J connectivity index is 0.00000112. The van der Waals surface area contributed by atoms with Gasteiger partial charge in [0.15, 0.2) is 0 Å². The molecule has 1 heterocycles. The minimum absolute atomic E-state index is 0. The first-order chi connectivity index (χ1) is 6.63. The molecular formula is C9H3ClNNaO3. The Labute approximate surface area is 112 Å². The van der Waals surface area contributed by atoms with Crippen molar-refractivity contribution >= 4 is 28.9 Å². The van der Waals surface area contributed by atoms with Crippen molar-refractivity contribution in [3.8, 4) is 0 Å². The van der Waals surface area contributed by atoms with Crippen LogP contribution in [-0.4, -0.2) is 16.6 Å². The summed E-state index contributed by atoms with van der Waals surface area (Å²) in [4.78, 5) is 26.1. The molecule has 0 aromatic carbocycles. The van der Waals surface area contributed by atoms with Crippen molar-refractivity contribution in [1.29, 1.82) is 0 Å². The first-order valence-electron chi connectivity index (χ1n) is 3.74. The third kappa shape index (κ3) is 1.86. The predicted octanol–water partition coefficient (Wildman–Crippen LogP) is -2.88. The second kappa shape index (κ2) is 4.45. The summed E-state index contributed by atoms with van der Waals surface area (Å²) in [5.74, 6) is -2.45. The second-order valence-corrected chi connectivity index (χ2v) is 3.08. The number of Topliss-reactive ketones (excluding diaryl/α,β-unsaturated/α-hetero) is 2. The van der Waals surface area contributed by atoms with Crippen LogP contribution in [0.4, 0.5) is 0 Å². The largest absolute Gasteiger partial charge is 1.00 e. The number of rotatable bonds is 0. The first kappa shape index (κ1) is 12.4. The van der Waals surface area contributed by atoms with Crippen LogP contribution in [0.2, 0.25) is 0 Å². The van der Waals surface area contributed by atoms with Crippen molar-refractivity contribution in [1.82, 2.24) is 4.98 Å². The van der Waals surface area contributed by atoms with E-state index < -0.39 is 22.4 Å². The van der Waals surface area contributed by atoms with Crippen LogP contribution in [0.25, 0.3) is 5.76 Å². The van der Waals surface area contributed by atoms with Gasteiger partial charge in [-0.3, -0.25) is 14.6 Å². The predicted molar refractivity (Wildman–Crippen MR) is 46.3 cm³/mol. The molecule has 70 valence electrons. The number of allylic oxidation sites excluding steroid dienone is 1. The Bertz CT molecular complexity index is 484. The Kier molecular flexibility index (Phi) is 3.67. The zero-order chi connectivity index (χ0) is 10.3. The summed E-state index contributed by atoms with van der Waals surface area (Å²) >= 11 is 5.41. The number of hydrogen-bond acceptors (Lipinski definition) is 4. The quantitative estimate of drug-likeness (QED) is 0.355. The van der Waals surface area contributed by atoms with Gasteiger partial charge < -0.3 is 5.11 Å². The molecule has 1 aliphatic rings. The van der Waals surface area contributed by atoms with Crippen LogP contribution in [-0.2, 0) is 4.79 Å². The van der Waals surface area contributed by atoms with Crippen molar-refractivity contribution < 1.29 is 44.3 Å². The second-order valence-electron chi connectivity index (χ2n) is 2.70. The van der Waals surface area contributed by atoms with Gasteiger partial charge in [-0.2, -0.15) is 0 Å². The fourth-order valence-corrected chi connectivity index (χ4v) is 1.39. The summed E-state index contributed by atoms with van der Waals surface area (Å²) in [5.41, 5.74) is -0.0333. The smallest absolute Gasteiger partial charge is 0.871 e.